The molecule has 1 saturated carbocycles. The average molecular weight is 263 g/mol. The molecule has 1 aliphatic rings. The van der Waals surface area contributed by atoms with Gasteiger partial charge < -0.3 is 5.11 Å². The van der Waals surface area contributed by atoms with Crippen LogP contribution in [-0.2, 0) is 6.54 Å². The van der Waals surface area contributed by atoms with Gasteiger partial charge in [-0.3, -0.25) is 4.90 Å². The Balaban J connectivity index is 1.95. The van der Waals surface area contributed by atoms with Crippen molar-refractivity contribution in [1.29, 1.82) is 0 Å². The Hall–Kier alpha value is -0.820. The minimum atomic E-state index is 0.148. The molecule has 0 aromatic carbocycles. The first kappa shape index (κ1) is 13.6. The van der Waals surface area contributed by atoms with Gasteiger partial charge in [0, 0.05) is 30.0 Å². The Bertz CT molecular complexity index is 425. The third-order valence-corrected chi connectivity index (χ3v) is 4.14. The van der Waals surface area contributed by atoms with Gasteiger partial charge in [-0.15, -0.1) is 11.3 Å². The van der Waals surface area contributed by atoms with Crippen LogP contribution in [0.25, 0.3) is 0 Å². The lowest BCUT2D eigenvalue weighted by Gasteiger charge is -2.19. The largest absolute Gasteiger partial charge is 0.395 e. The molecule has 18 heavy (non-hydrogen) atoms. The van der Waals surface area contributed by atoms with Gasteiger partial charge in [0.1, 0.15) is 0 Å². The number of aliphatic hydroxyl groups is 1. The van der Waals surface area contributed by atoms with E-state index in [1.54, 1.807) is 11.3 Å². The van der Waals surface area contributed by atoms with Crippen LogP contribution >= 0.6 is 11.3 Å². The van der Waals surface area contributed by atoms with Crippen LogP contribution in [0, 0.1) is 17.8 Å². The van der Waals surface area contributed by atoms with Crippen LogP contribution in [0.3, 0.4) is 0 Å². The normalized spacial score (nSPS) is 14.6. The summed E-state index contributed by atoms with van der Waals surface area (Å²) in [4.78, 5) is 3.88. The van der Waals surface area contributed by atoms with Crippen LogP contribution in [0.15, 0.2) is 11.4 Å². The van der Waals surface area contributed by atoms with Crippen molar-refractivity contribution in [2.75, 3.05) is 19.7 Å². The Kier molecular flexibility index (Phi) is 5.25. The Morgan fingerprint density at radius 3 is 3.00 bits per heavy atom. The molecule has 2 nitrogen and oxygen atoms in total. The molecule has 2 rings (SSSR count). The molecular weight excluding hydrogens is 242 g/mol. The fourth-order valence-electron chi connectivity index (χ4n) is 1.96. The maximum Gasteiger partial charge on any atom is 0.0540 e. The number of thiophene rings is 1. The highest BCUT2D eigenvalue weighted by Crippen LogP contribution is 2.30. The monoisotopic (exact) mass is 263 g/mol. The minimum absolute atomic E-state index is 0.148. The molecule has 1 aromatic rings. The molecule has 1 heterocycles. The zero-order valence-electron chi connectivity index (χ0n) is 11.0. The smallest absolute Gasteiger partial charge is 0.0540 e. The zero-order chi connectivity index (χ0) is 12.8. The molecule has 0 unspecified atom stereocenters. The van der Waals surface area contributed by atoms with Crippen molar-refractivity contribution in [2.24, 2.45) is 5.92 Å². The molecule has 98 valence electrons. The second-order valence-corrected chi connectivity index (χ2v) is 5.80. The maximum atomic E-state index is 8.75. The van der Waals surface area contributed by atoms with E-state index in [-0.39, 0.29) is 6.61 Å². The lowest BCUT2D eigenvalue weighted by molar-refractivity contribution is 0.270. The highest BCUT2D eigenvalue weighted by atomic mass is 32.1. The molecular formula is C15H21NOS. The number of aliphatic hydroxyl groups excluding tert-OH is 1. The number of hydrogen-bond donors (Lipinski definition) is 1. The van der Waals surface area contributed by atoms with Crippen LogP contribution in [0.2, 0.25) is 0 Å². The molecule has 3 heteroatoms. The van der Waals surface area contributed by atoms with E-state index in [0.717, 1.165) is 24.6 Å². The van der Waals surface area contributed by atoms with Gasteiger partial charge in [-0.05, 0) is 36.8 Å². The Labute approximate surface area is 114 Å². The number of nitrogens with zero attached hydrogens (tertiary/aromatic N) is 1. The van der Waals surface area contributed by atoms with Crippen LogP contribution in [-0.4, -0.2) is 29.7 Å². The summed E-state index contributed by atoms with van der Waals surface area (Å²) < 4.78 is 0. The van der Waals surface area contributed by atoms with E-state index in [1.807, 2.05) is 0 Å². The summed E-state index contributed by atoms with van der Waals surface area (Å²) in [6.07, 6.45) is 3.38. The number of hydrogen-bond acceptors (Lipinski definition) is 3. The van der Waals surface area contributed by atoms with Crippen molar-refractivity contribution >= 4 is 11.3 Å². The summed E-state index contributed by atoms with van der Waals surface area (Å²) in [7, 11) is 0. The van der Waals surface area contributed by atoms with E-state index < -0.39 is 0 Å². The molecule has 1 aliphatic carbocycles. The van der Waals surface area contributed by atoms with Crippen LogP contribution in [0.4, 0.5) is 0 Å². The molecule has 1 fully saturated rings. The van der Waals surface area contributed by atoms with Gasteiger partial charge >= 0.3 is 0 Å². The van der Waals surface area contributed by atoms with Crippen LogP contribution < -0.4 is 0 Å². The highest BCUT2D eigenvalue weighted by molar-refractivity contribution is 7.10. The lowest BCUT2D eigenvalue weighted by Crippen LogP contribution is -2.25. The second-order valence-electron chi connectivity index (χ2n) is 4.80. The van der Waals surface area contributed by atoms with Crippen molar-refractivity contribution in [3.8, 4) is 11.8 Å². The minimum Gasteiger partial charge on any atom is -0.395 e. The molecule has 0 spiro atoms. The molecule has 0 amide bonds. The topological polar surface area (TPSA) is 23.5 Å². The van der Waals surface area contributed by atoms with Gasteiger partial charge in [-0.2, -0.15) is 0 Å². The summed E-state index contributed by atoms with van der Waals surface area (Å²) in [6.45, 7) is 5.74. The summed E-state index contributed by atoms with van der Waals surface area (Å²) in [6, 6.07) is 2.09. The summed E-state index contributed by atoms with van der Waals surface area (Å²) in [5.74, 6) is 7.12. The van der Waals surface area contributed by atoms with Crippen molar-refractivity contribution in [3.63, 3.8) is 0 Å². The van der Waals surface area contributed by atoms with Gasteiger partial charge in [-0.25, -0.2) is 0 Å². The lowest BCUT2D eigenvalue weighted by atomic mass is 10.2. The predicted molar refractivity (Wildman–Crippen MR) is 76.6 cm³/mol. The zero-order valence-corrected chi connectivity index (χ0v) is 11.8. The van der Waals surface area contributed by atoms with Gasteiger partial charge in [0.15, 0.2) is 0 Å². The van der Waals surface area contributed by atoms with E-state index in [0.29, 0.717) is 6.42 Å². The van der Waals surface area contributed by atoms with E-state index in [9.17, 15) is 0 Å². The standard InChI is InChI=1S/C15H21NOS/c1-2-16(11-13-6-7-13)12-15-14(8-10-18-15)5-3-4-9-17/h8,10,13,17H,2,4,6-7,9,11-12H2,1H3. The average Bonchev–Trinajstić information content (AvgIpc) is 3.09. The van der Waals surface area contributed by atoms with E-state index >= 15 is 0 Å². The number of rotatable bonds is 6. The second kappa shape index (κ2) is 6.94. The van der Waals surface area contributed by atoms with E-state index in [4.69, 9.17) is 5.11 Å². The first-order valence-corrected chi connectivity index (χ1v) is 7.60. The van der Waals surface area contributed by atoms with Gasteiger partial charge in [-0.1, -0.05) is 18.8 Å². The summed E-state index contributed by atoms with van der Waals surface area (Å²) in [5.41, 5.74) is 1.14. The van der Waals surface area contributed by atoms with Crippen molar-refractivity contribution in [1.82, 2.24) is 4.90 Å². The van der Waals surface area contributed by atoms with E-state index in [1.165, 1.54) is 24.3 Å². The molecule has 0 aliphatic heterocycles. The Morgan fingerprint density at radius 2 is 2.33 bits per heavy atom. The molecule has 1 N–H and O–H groups in total. The van der Waals surface area contributed by atoms with Gasteiger partial charge in [0.05, 0.1) is 6.61 Å². The Morgan fingerprint density at radius 1 is 1.50 bits per heavy atom. The predicted octanol–water partition coefficient (Wildman–Crippen LogP) is 2.71. The fourth-order valence-corrected chi connectivity index (χ4v) is 2.83. The van der Waals surface area contributed by atoms with Crippen molar-refractivity contribution < 1.29 is 5.11 Å². The molecule has 1 aromatic heterocycles. The molecule has 0 bridgehead atoms. The highest BCUT2D eigenvalue weighted by Gasteiger charge is 2.24. The van der Waals surface area contributed by atoms with Crippen LogP contribution in [0.1, 0.15) is 36.6 Å². The summed E-state index contributed by atoms with van der Waals surface area (Å²) >= 11 is 1.79. The van der Waals surface area contributed by atoms with Crippen LogP contribution in [0.5, 0.6) is 0 Å². The summed E-state index contributed by atoms with van der Waals surface area (Å²) in [5, 5.41) is 10.9. The third kappa shape index (κ3) is 4.13. The van der Waals surface area contributed by atoms with E-state index in [2.05, 4.69) is 35.1 Å². The first-order valence-electron chi connectivity index (χ1n) is 6.72. The van der Waals surface area contributed by atoms with Crippen molar-refractivity contribution in [3.05, 3.63) is 21.9 Å². The quantitative estimate of drug-likeness (QED) is 0.798. The van der Waals surface area contributed by atoms with Gasteiger partial charge in [0.25, 0.3) is 0 Å². The SMILES string of the molecule is CCN(Cc1sccc1C#CCCO)CC1CC1. The molecule has 0 saturated heterocycles. The third-order valence-electron chi connectivity index (χ3n) is 3.23. The van der Waals surface area contributed by atoms with Gasteiger partial charge in [0.2, 0.25) is 0 Å². The first-order chi connectivity index (χ1) is 8.83. The van der Waals surface area contributed by atoms with Crippen molar-refractivity contribution in [2.45, 2.75) is 32.7 Å². The maximum absolute atomic E-state index is 8.75. The molecule has 0 radical (unpaired) electrons. The molecule has 0 atom stereocenters. The fraction of sp³-hybridized carbons (Fsp3) is 0.600.